The average Bonchev–Trinajstić information content (AvgIpc) is 2.26. The first kappa shape index (κ1) is 11.3. The van der Waals surface area contributed by atoms with Gasteiger partial charge in [0.2, 0.25) is 0 Å². The third kappa shape index (κ3) is 3.11. The number of hydrogen-bond acceptors (Lipinski definition) is 3. The molecule has 0 aliphatic rings. The molecule has 0 aliphatic carbocycles. The van der Waals surface area contributed by atoms with Crippen molar-refractivity contribution in [2.45, 2.75) is 6.42 Å². The van der Waals surface area contributed by atoms with Gasteiger partial charge in [0.25, 0.3) is 0 Å². The Morgan fingerprint density at radius 2 is 1.73 bits per heavy atom. The predicted octanol–water partition coefficient (Wildman–Crippen LogP) is 1.12. The first-order chi connectivity index (χ1) is 7.15. The number of carboxylic acid groups (broad SMARTS) is 1. The summed E-state index contributed by atoms with van der Waals surface area (Å²) in [5, 5.41) is 26.7. The van der Waals surface area contributed by atoms with E-state index >= 15 is 0 Å². The summed E-state index contributed by atoms with van der Waals surface area (Å²) in [7, 11) is 0. The summed E-state index contributed by atoms with van der Waals surface area (Å²) in [4.78, 5) is 10.8. The average molecular weight is 208 g/mol. The van der Waals surface area contributed by atoms with Gasteiger partial charge >= 0.3 is 5.97 Å². The van der Waals surface area contributed by atoms with Gasteiger partial charge in [-0.25, -0.2) is 4.79 Å². The second-order valence-corrected chi connectivity index (χ2v) is 3.05. The minimum Gasteiger partial charge on any atom is -0.509 e. The molecule has 0 fully saturated rings. The van der Waals surface area contributed by atoms with E-state index in [2.05, 4.69) is 0 Å². The maximum absolute atomic E-state index is 10.8. The van der Waals surface area contributed by atoms with Crippen LogP contribution in [-0.4, -0.2) is 27.9 Å². The molecule has 0 atom stereocenters. The third-order valence-corrected chi connectivity index (χ3v) is 1.98. The van der Waals surface area contributed by atoms with Crippen molar-refractivity contribution in [1.82, 2.24) is 0 Å². The minimum atomic E-state index is -1.22. The highest BCUT2D eigenvalue weighted by molar-refractivity contribution is 5.87. The van der Waals surface area contributed by atoms with Crippen molar-refractivity contribution in [2.75, 3.05) is 6.61 Å². The van der Waals surface area contributed by atoms with E-state index in [1.807, 2.05) is 6.07 Å². The zero-order valence-electron chi connectivity index (χ0n) is 8.05. The van der Waals surface area contributed by atoms with Crippen LogP contribution >= 0.6 is 0 Å². The molecule has 0 bridgehead atoms. The van der Waals surface area contributed by atoms with Crippen molar-refractivity contribution < 1.29 is 20.1 Å². The number of hydrogen-bond donors (Lipinski definition) is 3. The van der Waals surface area contributed by atoms with E-state index in [0.717, 1.165) is 5.56 Å². The van der Waals surface area contributed by atoms with Crippen molar-refractivity contribution in [3.05, 3.63) is 47.2 Å². The predicted molar refractivity (Wildman–Crippen MR) is 54.5 cm³/mol. The molecule has 3 N–H and O–H groups in total. The van der Waals surface area contributed by atoms with Gasteiger partial charge in [0.1, 0.15) is 12.4 Å². The molecule has 1 aromatic rings. The fourth-order valence-electron chi connectivity index (χ4n) is 1.20. The van der Waals surface area contributed by atoms with Gasteiger partial charge in [-0.05, 0) is 5.56 Å². The largest absolute Gasteiger partial charge is 0.509 e. The van der Waals surface area contributed by atoms with E-state index in [9.17, 15) is 9.90 Å². The summed E-state index contributed by atoms with van der Waals surface area (Å²) in [6.07, 6.45) is 0.0998. The fourth-order valence-corrected chi connectivity index (χ4v) is 1.20. The Balaban J connectivity index is 2.91. The van der Waals surface area contributed by atoms with E-state index in [1.54, 1.807) is 24.3 Å². The van der Waals surface area contributed by atoms with Crippen LogP contribution in [0.5, 0.6) is 0 Å². The second kappa shape index (κ2) is 5.17. The van der Waals surface area contributed by atoms with E-state index < -0.39 is 18.3 Å². The van der Waals surface area contributed by atoms with Crippen LogP contribution in [0.15, 0.2) is 41.7 Å². The molecule has 1 aromatic carbocycles. The van der Waals surface area contributed by atoms with Crippen molar-refractivity contribution in [2.24, 2.45) is 0 Å². The van der Waals surface area contributed by atoms with Crippen LogP contribution in [0.3, 0.4) is 0 Å². The lowest BCUT2D eigenvalue weighted by Crippen LogP contribution is -2.09. The maximum Gasteiger partial charge on any atom is 0.335 e. The molecule has 4 heteroatoms. The second-order valence-electron chi connectivity index (χ2n) is 3.05. The molecule has 0 saturated carbocycles. The fraction of sp³-hybridized carbons (Fsp3) is 0.182. The van der Waals surface area contributed by atoms with Crippen LogP contribution in [0.4, 0.5) is 0 Å². The van der Waals surface area contributed by atoms with E-state index in [4.69, 9.17) is 10.2 Å². The summed E-state index contributed by atoms with van der Waals surface area (Å²) >= 11 is 0. The molecule has 4 nitrogen and oxygen atoms in total. The Hall–Kier alpha value is -1.81. The molecule has 80 valence electrons. The van der Waals surface area contributed by atoms with Crippen molar-refractivity contribution >= 4 is 5.97 Å². The lowest BCUT2D eigenvalue weighted by Gasteiger charge is -2.04. The van der Waals surface area contributed by atoms with Gasteiger partial charge in [-0.3, -0.25) is 0 Å². The standard InChI is InChI=1S/C11H12O4/c12-7-10(13)9(11(14)15)6-8-4-2-1-3-5-8/h1-5,12-13H,6-7H2,(H,14,15). The zero-order valence-corrected chi connectivity index (χ0v) is 8.05. The van der Waals surface area contributed by atoms with Crippen LogP contribution < -0.4 is 0 Å². The minimum absolute atomic E-state index is 0.0998. The molecular formula is C11H12O4. The molecule has 0 spiro atoms. The van der Waals surface area contributed by atoms with Gasteiger partial charge in [-0.15, -0.1) is 0 Å². The number of carbonyl (C=O) groups is 1. The van der Waals surface area contributed by atoms with Crippen molar-refractivity contribution in [3.8, 4) is 0 Å². The summed E-state index contributed by atoms with van der Waals surface area (Å²) in [5.74, 6) is -1.71. The highest BCUT2D eigenvalue weighted by Crippen LogP contribution is 2.11. The van der Waals surface area contributed by atoms with Crippen LogP contribution in [-0.2, 0) is 11.2 Å². The molecular weight excluding hydrogens is 196 g/mol. The van der Waals surface area contributed by atoms with Crippen molar-refractivity contribution in [1.29, 1.82) is 0 Å². The lowest BCUT2D eigenvalue weighted by atomic mass is 10.0. The summed E-state index contributed by atoms with van der Waals surface area (Å²) in [6.45, 7) is -0.658. The quantitative estimate of drug-likeness (QED) is 0.511. The van der Waals surface area contributed by atoms with Gasteiger partial charge in [0.05, 0.1) is 5.57 Å². The highest BCUT2D eigenvalue weighted by Gasteiger charge is 2.13. The third-order valence-electron chi connectivity index (χ3n) is 1.98. The summed E-state index contributed by atoms with van der Waals surface area (Å²) in [6, 6.07) is 8.90. The Morgan fingerprint density at radius 1 is 1.13 bits per heavy atom. The Labute approximate surface area is 87.1 Å². The molecule has 0 unspecified atom stereocenters. The summed E-state index contributed by atoms with van der Waals surface area (Å²) in [5.41, 5.74) is 0.596. The number of aliphatic hydroxyl groups is 2. The van der Waals surface area contributed by atoms with E-state index in [0.29, 0.717) is 0 Å². The molecule has 0 heterocycles. The van der Waals surface area contributed by atoms with Gasteiger partial charge in [0.15, 0.2) is 0 Å². The molecule has 0 aliphatic heterocycles. The number of aliphatic carboxylic acids is 1. The maximum atomic E-state index is 10.8. The Kier molecular flexibility index (Phi) is 3.88. The monoisotopic (exact) mass is 208 g/mol. The Bertz CT molecular complexity index is 367. The molecule has 1 rings (SSSR count). The SMILES string of the molecule is O=C(O)C(Cc1ccccc1)=C(O)CO. The van der Waals surface area contributed by atoms with Crippen LogP contribution in [0, 0.1) is 0 Å². The molecule has 0 saturated heterocycles. The number of benzene rings is 1. The zero-order chi connectivity index (χ0) is 11.3. The number of rotatable bonds is 4. The first-order valence-corrected chi connectivity index (χ1v) is 4.44. The van der Waals surface area contributed by atoms with Gasteiger partial charge in [-0.1, -0.05) is 30.3 Å². The smallest absolute Gasteiger partial charge is 0.335 e. The van der Waals surface area contributed by atoms with E-state index in [1.165, 1.54) is 0 Å². The van der Waals surface area contributed by atoms with Gasteiger partial charge in [-0.2, -0.15) is 0 Å². The molecule has 0 amide bonds. The van der Waals surface area contributed by atoms with Crippen LogP contribution in [0.2, 0.25) is 0 Å². The summed E-state index contributed by atoms with van der Waals surface area (Å²) < 4.78 is 0. The Morgan fingerprint density at radius 3 is 2.20 bits per heavy atom. The van der Waals surface area contributed by atoms with Gasteiger partial charge in [0, 0.05) is 6.42 Å². The molecule has 0 aromatic heterocycles. The lowest BCUT2D eigenvalue weighted by molar-refractivity contribution is -0.133. The molecule has 15 heavy (non-hydrogen) atoms. The molecule has 0 radical (unpaired) electrons. The number of aliphatic hydroxyl groups excluding tert-OH is 2. The van der Waals surface area contributed by atoms with Crippen LogP contribution in [0.1, 0.15) is 5.56 Å². The van der Waals surface area contributed by atoms with Gasteiger partial charge < -0.3 is 15.3 Å². The number of carboxylic acids is 1. The highest BCUT2D eigenvalue weighted by atomic mass is 16.4. The topological polar surface area (TPSA) is 77.8 Å². The van der Waals surface area contributed by atoms with Crippen LogP contribution in [0.25, 0.3) is 0 Å². The van der Waals surface area contributed by atoms with E-state index in [-0.39, 0.29) is 12.0 Å². The first-order valence-electron chi connectivity index (χ1n) is 4.44. The van der Waals surface area contributed by atoms with Crippen molar-refractivity contribution in [3.63, 3.8) is 0 Å². The normalized spacial score (nSPS) is 12.1.